The zero-order valence-electron chi connectivity index (χ0n) is 7.59. The van der Waals surface area contributed by atoms with Crippen LogP contribution in [0.3, 0.4) is 0 Å². The van der Waals surface area contributed by atoms with Crippen LogP contribution in [0.25, 0.3) is 0 Å². The van der Waals surface area contributed by atoms with Crippen LogP contribution in [-0.2, 0) is 6.42 Å². The average Bonchev–Trinajstić information content (AvgIpc) is 2.06. The van der Waals surface area contributed by atoms with Gasteiger partial charge in [-0.25, -0.2) is 0 Å². The highest BCUT2D eigenvalue weighted by atomic mass is 16.3. The molecule has 1 aromatic rings. The maximum Gasteiger partial charge on any atom is 0.121 e. The summed E-state index contributed by atoms with van der Waals surface area (Å²) in [6, 6.07) is 3.94. The minimum atomic E-state index is 0.403. The Balaban J connectivity index is 3.14. The number of phenols is 1. The molecular formula is C10H15NO. The molecule has 0 aliphatic rings. The molecule has 66 valence electrons. The van der Waals surface area contributed by atoms with Crippen molar-refractivity contribution < 1.29 is 5.11 Å². The molecule has 1 rings (SSSR count). The van der Waals surface area contributed by atoms with Crippen molar-refractivity contribution in [3.05, 3.63) is 28.8 Å². The lowest BCUT2D eigenvalue weighted by molar-refractivity contribution is 0.463. The summed E-state index contributed by atoms with van der Waals surface area (Å²) in [7, 11) is 0. The quantitative estimate of drug-likeness (QED) is 0.697. The highest BCUT2D eigenvalue weighted by Gasteiger charge is 2.05. The van der Waals surface area contributed by atoms with E-state index in [0.29, 0.717) is 12.3 Å². The van der Waals surface area contributed by atoms with E-state index < -0.39 is 0 Å². The number of nitrogens with two attached hydrogens (primary N) is 1. The van der Waals surface area contributed by atoms with Gasteiger partial charge in [0.25, 0.3) is 0 Å². The van der Waals surface area contributed by atoms with Crippen LogP contribution in [0.1, 0.15) is 16.7 Å². The summed E-state index contributed by atoms with van der Waals surface area (Å²) in [4.78, 5) is 0. The van der Waals surface area contributed by atoms with Crippen molar-refractivity contribution in [3.63, 3.8) is 0 Å². The highest BCUT2D eigenvalue weighted by molar-refractivity contribution is 5.44. The predicted molar refractivity (Wildman–Crippen MR) is 50.3 cm³/mol. The Morgan fingerprint density at radius 2 is 1.83 bits per heavy atom. The molecular weight excluding hydrogens is 150 g/mol. The molecule has 0 bridgehead atoms. The summed E-state index contributed by atoms with van der Waals surface area (Å²) in [6.07, 6.45) is 0.749. The zero-order valence-corrected chi connectivity index (χ0v) is 7.59. The van der Waals surface area contributed by atoms with Crippen LogP contribution in [0.2, 0.25) is 0 Å². The van der Waals surface area contributed by atoms with E-state index in [1.165, 1.54) is 0 Å². The van der Waals surface area contributed by atoms with E-state index >= 15 is 0 Å². The molecule has 0 atom stereocenters. The molecule has 0 saturated carbocycles. The van der Waals surface area contributed by atoms with Crippen molar-refractivity contribution in [2.45, 2.75) is 20.3 Å². The van der Waals surface area contributed by atoms with Crippen molar-refractivity contribution >= 4 is 0 Å². The number of hydrogen-bond acceptors (Lipinski definition) is 2. The second-order valence-electron chi connectivity index (χ2n) is 3.07. The first-order valence-electron chi connectivity index (χ1n) is 4.15. The Bertz CT molecular complexity index is 281. The number of rotatable bonds is 2. The summed E-state index contributed by atoms with van der Waals surface area (Å²) < 4.78 is 0. The normalized spacial score (nSPS) is 10.2. The average molecular weight is 165 g/mol. The topological polar surface area (TPSA) is 46.2 Å². The number of aryl methyl sites for hydroxylation is 2. The third-order valence-corrected chi connectivity index (χ3v) is 2.11. The van der Waals surface area contributed by atoms with Crippen LogP contribution in [-0.4, -0.2) is 11.7 Å². The van der Waals surface area contributed by atoms with Crippen LogP contribution in [0.5, 0.6) is 5.75 Å². The molecule has 0 heterocycles. The van der Waals surface area contributed by atoms with E-state index in [2.05, 4.69) is 0 Å². The Morgan fingerprint density at radius 1 is 1.25 bits per heavy atom. The van der Waals surface area contributed by atoms with Crippen LogP contribution in [0, 0.1) is 13.8 Å². The summed E-state index contributed by atoms with van der Waals surface area (Å²) in [5.41, 5.74) is 8.46. The van der Waals surface area contributed by atoms with Crippen molar-refractivity contribution in [2.24, 2.45) is 5.73 Å². The first-order chi connectivity index (χ1) is 5.66. The van der Waals surface area contributed by atoms with Gasteiger partial charge in [-0.05, 0) is 43.5 Å². The van der Waals surface area contributed by atoms with Gasteiger partial charge in [0.05, 0.1) is 0 Å². The molecule has 0 aromatic heterocycles. The molecule has 0 aliphatic carbocycles. The molecule has 0 fully saturated rings. The molecule has 2 nitrogen and oxygen atoms in total. The maximum atomic E-state index is 9.65. The summed E-state index contributed by atoms with van der Waals surface area (Å²) in [5.74, 6) is 0.403. The Morgan fingerprint density at radius 3 is 2.42 bits per heavy atom. The predicted octanol–water partition coefficient (Wildman–Crippen LogP) is 1.51. The fraction of sp³-hybridized carbons (Fsp3) is 0.400. The summed E-state index contributed by atoms with van der Waals surface area (Å²) in [6.45, 7) is 4.47. The Kier molecular flexibility index (Phi) is 2.71. The first kappa shape index (κ1) is 9.07. The number of hydrogen-bond donors (Lipinski definition) is 2. The van der Waals surface area contributed by atoms with Gasteiger partial charge in [-0.2, -0.15) is 0 Å². The molecule has 3 N–H and O–H groups in total. The lowest BCUT2D eigenvalue weighted by Gasteiger charge is -2.08. The van der Waals surface area contributed by atoms with Gasteiger partial charge in [-0.1, -0.05) is 12.1 Å². The fourth-order valence-corrected chi connectivity index (χ4v) is 1.31. The van der Waals surface area contributed by atoms with Gasteiger partial charge in [0, 0.05) is 0 Å². The molecule has 0 spiro atoms. The lowest BCUT2D eigenvalue weighted by Crippen LogP contribution is -2.04. The molecule has 0 aliphatic heterocycles. The standard InChI is InChI=1S/C10H15NO/c1-7-3-4-8(2)10(12)9(7)5-6-11/h3-4,12H,5-6,11H2,1-2H3. The van der Waals surface area contributed by atoms with E-state index in [-0.39, 0.29) is 0 Å². The van der Waals surface area contributed by atoms with Gasteiger partial charge < -0.3 is 10.8 Å². The monoisotopic (exact) mass is 165 g/mol. The number of phenolic OH excluding ortho intramolecular Hbond substituents is 1. The van der Waals surface area contributed by atoms with Gasteiger partial charge in [0.1, 0.15) is 5.75 Å². The van der Waals surface area contributed by atoms with E-state index in [9.17, 15) is 5.11 Å². The van der Waals surface area contributed by atoms with Crippen LogP contribution in [0.15, 0.2) is 12.1 Å². The molecule has 0 radical (unpaired) electrons. The third kappa shape index (κ3) is 1.59. The fourth-order valence-electron chi connectivity index (χ4n) is 1.31. The Labute approximate surface area is 73.0 Å². The van der Waals surface area contributed by atoms with Crippen molar-refractivity contribution in [2.75, 3.05) is 6.54 Å². The summed E-state index contributed by atoms with van der Waals surface area (Å²) in [5, 5.41) is 9.65. The van der Waals surface area contributed by atoms with Gasteiger partial charge in [-0.3, -0.25) is 0 Å². The molecule has 2 heteroatoms. The van der Waals surface area contributed by atoms with Gasteiger partial charge in [-0.15, -0.1) is 0 Å². The largest absolute Gasteiger partial charge is 0.507 e. The smallest absolute Gasteiger partial charge is 0.121 e. The molecule has 0 amide bonds. The number of benzene rings is 1. The summed E-state index contributed by atoms with van der Waals surface area (Å²) >= 11 is 0. The highest BCUT2D eigenvalue weighted by Crippen LogP contribution is 2.24. The van der Waals surface area contributed by atoms with Crippen LogP contribution in [0.4, 0.5) is 0 Å². The van der Waals surface area contributed by atoms with Crippen molar-refractivity contribution in [3.8, 4) is 5.75 Å². The van der Waals surface area contributed by atoms with Crippen LogP contribution >= 0.6 is 0 Å². The minimum Gasteiger partial charge on any atom is -0.507 e. The van der Waals surface area contributed by atoms with E-state index in [1.807, 2.05) is 26.0 Å². The SMILES string of the molecule is Cc1ccc(C)c(CCN)c1O. The molecule has 1 aromatic carbocycles. The van der Waals surface area contributed by atoms with E-state index in [4.69, 9.17) is 5.73 Å². The Hall–Kier alpha value is -1.02. The number of aromatic hydroxyl groups is 1. The van der Waals surface area contributed by atoms with Gasteiger partial charge in [0.2, 0.25) is 0 Å². The zero-order chi connectivity index (χ0) is 9.14. The van der Waals surface area contributed by atoms with E-state index in [0.717, 1.165) is 23.1 Å². The molecule has 0 saturated heterocycles. The molecule has 12 heavy (non-hydrogen) atoms. The lowest BCUT2D eigenvalue weighted by atomic mass is 10.0. The third-order valence-electron chi connectivity index (χ3n) is 2.11. The van der Waals surface area contributed by atoms with E-state index in [1.54, 1.807) is 0 Å². The van der Waals surface area contributed by atoms with Gasteiger partial charge in [0.15, 0.2) is 0 Å². The maximum absolute atomic E-state index is 9.65. The van der Waals surface area contributed by atoms with Crippen LogP contribution < -0.4 is 5.73 Å². The first-order valence-corrected chi connectivity index (χ1v) is 4.15. The second kappa shape index (κ2) is 3.59. The van der Waals surface area contributed by atoms with Crippen molar-refractivity contribution in [1.29, 1.82) is 0 Å². The van der Waals surface area contributed by atoms with Gasteiger partial charge >= 0.3 is 0 Å². The second-order valence-corrected chi connectivity index (χ2v) is 3.07. The minimum absolute atomic E-state index is 0.403. The molecule has 0 unspecified atom stereocenters. The van der Waals surface area contributed by atoms with Crippen molar-refractivity contribution in [1.82, 2.24) is 0 Å².